The predicted molar refractivity (Wildman–Crippen MR) is 51.4 cm³/mol. The molecule has 1 aromatic rings. The molecule has 1 saturated carbocycles. The lowest BCUT2D eigenvalue weighted by molar-refractivity contribution is 0.457. The first kappa shape index (κ1) is 8.73. The van der Waals surface area contributed by atoms with Gasteiger partial charge in [0.1, 0.15) is 5.82 Å². The number of hydrogen-bond donors (Lipinski definition) is 1. The topological polar surface area (TPSA) is 41.6 Å². The molecule has 0 aromatic carbocycles. The Hall–Kier alpha value is -0.860. The zero-order chi connectivity index (χ0) is 9.85. The first-order chi connectivity index (χ1) is 5.87. The highest BCUT2D eigenvalue weighted by Crippen LogP contribution is 2.72. The van der Waals surface area contributed by atoms with Crippen LogP contribution < -0.4 is 0 Å². The van der Waals surface area contributed by atoms with E-state index in [9.17, 15) is 0 Å². The summed E-state index contributed by atoms with van der Waals surface area (Å²) in [6, 6.07) is 0. The van der Waals surface area contributed by atoms with Crippen molar-refractivity contribution in [3.8, 4) is 0 Å². The SMILES string of the molecule is Cc1nc(C2C(C)(C)C2(C)C)n[nH]1. The highest BCUT2D eigenvalue weighted by molar-refractivity contribution is 5.26. The standard InChI is InChI=1S/C10H17N3/c1-6-11-8(13-12-6)7-9(2,3)10(7,4)5/h7H,1-5H3,(H,11,12,13). The van der Waals surface area contributed by atoms with Crippen molar-refractivity contribution in [3.63, 3.8) is 0 Å². The van der Waals surface area contributed by atoms with E-state index in [2.05, 4.69) is 42.9 Å². The maximum Gasteiger partial charge on any atom is 0.154 e. The molecule has 2 rings (SSSR count). The van der Waals surface area contributed by atoms with Gasteiger partial charge in [-0.1, -0.05) is 27.7 Å². The molecule has 0 atom stereocenters. The van der Waals surface area contributed by atoms with Crippen LogP contribution in [0.4, 0.5) is 0 Å². The Labute approximate surface area is 79.0 Å². The van der Waals surface area contributed by atoms with Gasteiger partial charge in [0.05, 0.1) is 0 Å². The lowest BCUT2D eigenvalue weighted by Crippen LogP contribution is -1.95. The molecule has 0 spiro atoms. The fourth-order valence-corrected chi connectivity index (χ4v) is 2.33. The quantitative estimate of drug-likeness (QED) is 0.718. The van der Waals surface area contributed by atoms with Crippen LogP contribution >= 0.6 is 0 Å². The number of rotatable bonds is 1. The number of H-pyrrole nitrogens is 1. The summed E-state index contributed by atoms with van der Waals surface area (Å²) >= 11 is 0. The molecule has 3 heteroatoms. The first-order valence-corrected chi connectivity index (χ1v) is 4.76. The van der Waals surface area contributed by atoms with E-state index < -0.39 is 0 Å². The van der Waals surface area contributed by atoms with Crippen LogP contribution in [0.2, 0.25) is 0 Å². The van der Waals surface area contributed by atoms with E-state index in [0.29, 0.717) is 16.7 Å². The minimum atomic E-state index is 0.335. The Bertz CT molecular complexity index is 322. The van der Waals surface area contributed by atoms with Crippen LogP contribution in [0.15, 0.2) is 0 Å². The van der Waals surface area contributed by atoms with Crippen LogP contribution in [0.3, 0.4) is 0 Å². The fourth-order valence-electron chi connectivity index (χ4n) is 2.33. The van der Waals surface area contributed by atoms with Crippen molar-refractivity contribution in [3.05, 3.63) is 11.6 Å². The van der Waals surface area contributed by atoms with Gasteiger partial charge in [0, 0.05) is 5.92 Å². The van der Waals surface area contributed by atoms with E-state index in [4.69, 9.17) is 0 Å². The zero-order valence-corrected chi connectivity index (χ0v) is 8.97. The summed E-state index contributed by atoms with van der Waals surface area (Å²) in [5, 5.41) is 7.14. The van der Waals surface area contributed by atoms with Crippen molar-refractivity contribution in [2.45, 2.75) is 40.5 Å². The third-order valence-corrected chi connectivity index (χ3v) is 3.89. The van der Waals surface area contributed by atoms with E-state index in [1.807, 2.05) is 6.92 Å². The molecular weight excluding hydrogens is 162 g/mol. The first-order valence-electron chi connectivity index (χ1n) is 4.76. The van der Waals surface area contributed by atoms with Crippen LogP contribution in [-0.4, -0.2) is 15.2 Å². The van der Waals surface area contributed by atoms with E-state index in [1.54, 1.807) is 0 Å². The third kappa shape index (κ3) is 0.960. The van der Waals surface area contributed by atoms with Gasteiger partial charge in [-0.3, -0.25) is 5.10 Å². The number of aryl methyl sites for hydroxylation is 1. The lowest BCUT2D eigenvalue weighted by Gasteiger charge is -2.03. The predicted octanol–water partition coefficient (Wildman–Crippen LogP) is 2.26. The highest BCUT2D eigenvalue weighted by Gasteiger charge is 2.66. The van der Waals surface area contributed by atoms with E-state index in [0.717, 1.165) is 11.6 Å². The van der Waals surface area contributed by atoms with Gasteiger partial charge in [0.25, 0.3) is 0 Å². The Morgan fingerprint density at radius 3 is 2.00 bits per heavy atom. The van der Waals surface area contributed by atoms with Gasteiger partial charge in [-0.25, -0.2) is 4.98 Å². The molecule has 13 heavy (non-hydrogen) atoms. The Morgan fingerprint density at radius 2 is 1.69 bits per heavy atom. The molecule has 72 valence electrons. The molecule has 0 bridgehead atoms. The summed E-state index contributed by atoms with van der Waals surface area (Å²) in [5.41, 5.74) is 0.670. The monoisotopic (exact) mass is 179 g/mol. The summed E-state index contributed by atoms with van der Waals surface area (Å²) < 4.78 is 0. The van der Waals surface area contributed by atoms with E-state index >= 15 is 0 Å². The van der Waals surface area contributed by atoms with Crippen LogP contribution in [0.1, 0.15) is 45.3 Å². The van der Waals surface area contributed by atoms with Crippen molar-refractivity contribution in [1.82, 2.24) is 15.2 Å². The average Bonchev–Trinajstić information content (AvgIpc) is 2.32. The largest absolute Gasteiger partial charge is 0.263 e. The maximum atomic E-state index is 4.40. The molecule has 1 fully saturated rings. The second kappa shape index (κ2) is 2.14. The van der Waals surface area contributed by atoms with Crippen LogP contribution in [0.25, 0.3) is 0 Å². The van der Waals surface area contributed by atoms with Gasteiger partial charge in [-0.05, 0) is 17.8 Å². The molecule has 3 nitrogen and oxygen atoms in total. The van der Waals surface area contributed by atoms with E-state index in [1.165, 1.54) is 0 Å². The summed E-state index contributed by atoms with van der Waals surface area (Å²) in [7, 11) is 0. The van der Waals surface area contributed by atoms with Gasteiger partial charge in [-0.15, -0.1) is 0 Å². The number of nitrogens with zero attached hydrogens (tertiary/aromatic N) is 2. The second-order valence-corrected chi connectivity index (χ2v) is 5.16. The molecular formula is C10H17N3. The van der Waals surface area contributed by atoms with Gasteiger partial charge in [0.15, 0.2) is 5.82 Å². The number of hydrogen-bond acceptors (Lipinski definition) is 2. The molecule has 1 aliphatic carbocycles. The molecule has 0 aliphatic heterocycles. The average molecular weight is 179 g/mol. The molecule has 1 heterocycles. The lowest BCUT2D eigenvalue weighted by atomic mass is 10.0. The van der Waals surface area contributed by atoms with Gasteiger partial charge >= 0.3 is 0 Å². The van der Waals surface area contributed by atoms with Crippen LogP contribution in [0.5, 0.6) is 0 Å². The number of nitrogens with one attached hydrogen (secondary N) is 1. The maximum absolute atomic E-state index is 4.40. The highest BCUT2D eigenvalue weighted by atomic mass is 15.2. The van der Waals surface area contributed by atoms with Gasteiger partial charge in [-0.2, -0.15) is 5.10 Å². The third-order valence-electron chi connectivity index (χ3n) is 3.89. The molecule has 1 aliphatic rings. The second-order valence-electron chi connectivity index (χ2n) is 5.16. The Morgan fingerprint density at radius 1 is 1.15 bits per heavy atom. The fraction of sp³-hybridized carbons (Fsp3) is 0.800. The van der Waals surface area contributed by atoms with Gasteiger partial charge < -0.3 is 0 Å². The van der Waals surface area contributed by atoms with Crippen LogP contribution in [0, 0.1) is 17.8 Å². The van der Waals surface area contributed by atoms with Crippen LogP contribution in [-0.2, 0) is 0 Å². The van der Waals surface area contributed by atoms with E-state index in [-0.39, 0.29) is 0 Å². The molecule has 0 radical (unpaired) electrons. The van der Waals surface area contributed by atoms with Crippen molar-refractivity contribution >= 4 is 0 Å². The van der Waals surface area contributed by atoms with Crippen molar-refractivity contribution < 1.29 is 0 Å². The smallest absolute Gasteiger partial charge is 0.154 e. The summed E-state index contributed by atoms with van der Waals surface area (Å²) in [6.45, 7) is 11.1. The van der Waals surface area contributed by atoms with Gasteiger partial charge in [0.2, 0.25) is 0 Å². The summed E-state index contributed by atoms with van der Waals surface area (Å²) in [4.78, 5) is 4.40. The van der Waals surface area contributed by atoms with Crippen molar-refractivity contribution in [2.75, 3.05) is 0 Å². The molecule has 1 N–H and O–H groups in total. The minimum absolute atomic E-state index is 0.335. The molecule has 0 unspecified atom stereocenters. The summed E-state index contributed by atoms with van der Waals surface area (Å²) in [6.07, 6.45) is 0. The molecule has 0 amide bonds. The number of aromatic nitrogens is 3. The number of aromatic amines is 1. The van der Waals surface area contributed by atoms with Crippen molar-refractivity contribution in [2.24, 2.45) is 10.8 Å². The molecule has 1 aromatic heterocycles. The zero-order valence-electron chi connectivity index (χ0n) is 8.97. The van der Waals surface area contributed by atoms with Crippen molar-refractivity contribution in [1.29, 1.82) is 0 Å². The molecule has 0 saturated heterocycles. The Kier molecular flexibility index (Phi) is 1.44. The summed E-state index contributed by atoms with van der Waals surface area (Å²) in [5.74, 6) is 2.39. The normalized spacial score (nSPS) is 24.7. The minimum Gasteiger partial charge on any atom is -0.263 e. The Balaban J connectivity index is 2.32.